The number of nitrogens with one attached hydrogen (secondary N) is 2. The van der Waals surface area contributed by atoms with Crippen LogP contribution in [0.1, 0.15) is 36.8 Å². The molecular weight excluding hydrogens is 473 g/mol. The summed E-state index contributed by atoms with van der Waals surface area (Å²) in [7, 11) is 0. The van der Waals surface area contributed by atoms with E-state index in [0.29, 0.717) is 18.8 Å². The molecule has 9 heteroatoms. The number of piperazine rings is 1. The highest BCUT2D eigenvalue weighted by atomic mass is 19.1. The van der Waals surface area contributed by atoms with Gasteiger partial charge >= 0.3 is 5.69 Å². The molecule has 1 amide bonds. The first-order valence-corrected chi connectivity index (χ1v) is 13.0. The molecule has 2 bridgehead atoms. The number of aryl methyl sites for hydroxylation is 2. The van der Waals surface area contributed by atoms with Crippen LogP contribution in [0, 0.1) is 5.82 Å². The number of carbonyl (C=O) groups excluding carboxylic acids is 1. The van der Waals surface area contributed by atoms with Gasteiger partial charge in [0.25, 0.3) is 5.56 Å². The van der Waals surface area contributed by atoms with Gasteiger partial charge in [0.1, 0.15) is 11.6 Å². The van der Waals surface area contributed by atoms with Gasteiger partial charge in [-0.1, -0.05) is 6.07 Å². The summed E-state index contributed by atoms with van der Waals surface area (Å²) in [6.45, 7) is 1.56. The summed E-state index contributed by atoms with van der Waals surface area (Å²) >= 11 is 0. The number of nitrogens with zero attached hydrogens (tertiary/aromatic N) is 3. The fourth-order valence-corrected chi connectivity index (χ4v) is 6.06. The van der Waals surface area contributed by atoms with E-state index in [1.807, 2.05) is 11.0 Å². The highest BCUT2D eigenvalue weighted by Crippen LogP contribution is 2.35. The lowest BCUT2D eigenvalue weighted by Gasteiger charge is -2.35. The fourth-order valence-electron chi connectivity index (χ4n) is 6.06. The van der Waals surface area contributed by atoms with E-state index < -0.39 is 11.2 Å². The molecule has 2 saturated heterocycles. The van der Waals surface area contributed by atoms with E-state index in [0.717, 1.165) is 48.2 Å². The van der Waals surface area contributed by atoms with Crippen LogP contribution in [-0.4, -0.2) is 45.5 Å². The minimum atomic E-state index is -0.487. The third-order valence-electron chi connectivity index (χ3n) is 7.89. The summed E-state index contributed by atoms with van der Waals surface area (Å²) in [4.78, 5) is 45.1. The summed E-state index contributed by atoms with van der Waals surface area (Å²) in [6, 6.07) is 14.4. The molecule has 2 fully saturated rings. The van der Waals surface area contributed by atoms with Gasteiger partial charge in [0.15, 0.2) is 0 Å². The molecule has 3 aromatic rings. The molecular formula is C28H30FN5O3. The van der Waals surface area contributed by atoms with E-state index in [9.17, 15) is 18.8 Å². The van der Waals surface area contributed by atoms with Gasteiger partial charge in [0.2, 0.25) is 5.91 Å². The lowest BCUT2D eigenvalue weighted by Crippen LogP contribution is -2.48. The van der Waals surface area contributed by atoms with Crippen LogP contribution in [0.4, 0.5) is 21.6 Å². The standard InChI is InChI=1S/C28H30FN5O3/c29-20-7-10-22(11-8-20)33-16-24-14-23(33)17-34(24)26(35)5-2-12-32-27(36)15-25(31-28(32)37)30-21-9-6-18-3-1-4-19(18)13-21/h6-11,13,15,23-24,30H,1-5,12,14,16-17H2,(H,31,37)/t23-,24-/m0/s1. The smallest absolute Gasteiger partial charge is 0.329 e. The number of benzene rings is 2. The Morgan fingerprint density at radius 2 is 1.81 bits per heavy atom. The lowest BCUT2D eigenvalue weighted by atomic mass is 10.1. The largest absolute Gasteiger partial charge is 0.365 e. The van der Waals surface area contributed by atoms with Crippen LogP contribution < -0.4 is 21.5 Å². The first-order valence-electron chi connectivity index (χ1n) is 13.0. The Balaban J connectivity index is 1.03. The van der Waals surface area contributed by atoms with Gasteiger partial charge in [-0.15, -0.1) is 0 Å². The quantitative estimate of drug-likeness (QED) is 0.517. The molecule has 2 N–H and O–H groups in total. The van der Waals surface area contributed by atoms with E-state index in [2.05, 4.69) is 27.3 Å². The van der Waals surface area contributed by atoms with Gasteiger partial charge in [-0.25, -0.2) is 9.18 Å². The van der Waals surface area contributed by atoms with Crippen molar-refractivity contribution in [2.45, 2.75) is 57.2 Å². The molecule has 2 aromatic carbocycles. The molecule has 3 heterocycles. The number of rotatable bonds is 7. The number of amides is 1. The third-order valence-corrected chi connectivity index (χ3v) is 7.89. The number of anilines is 3. The van der Waals surface area contributed by atoms with E-state index in [1.54, 1.807) is 12.1 Å². The third kappa shape index (κ3) is 4.65. The van der Waals surface area contributed by atoms with Crippen molar-refractivity contribution in [2.24, 2.45) is 0 Å². The van der Waals surface area contributed by atoms with Crippen LogP contribution in [0.5, 0.6) is 0 Å². The first kappa shape index (κ1) is 23.5. The highest BCUT2D eigenvalue weighted by Gasteiger charge is 2.44. The van der Waals surface area contributed by atoms with Crippen molar-refractivity contribution in [3.8, 4) is 0 Å². The van der Waals surface area contributed by atoms with Crippen molar-refractivity contribution in [1.82, 2.24) is 14.5 Å². The Hall–Kier alpha value is -3.88. The summed E-state index contributed by atoms with van der Waals surface area (Å²) in [5.41, 5.74) is 3.61. The summed E-state index contributed by atoms with van der Waals surface area (Å²) in [5.74, 6) is 0.150. The summed E-state index contributed by atoms with van der Waals surface area (Å²) in [6.07, 6.45) is 4.89. The normalized spacial score (nSPS) is 19.9. The second kappa shape index (κ2) is 9.53. The number of hydrogen-bond donors (Lipinski definition) is 2. The zero-order valence-corrected chi connectivity index (χ0v) is 20.6. The molecule has 1 aromatic heterocycles. The Morgan fingerprint density at radius 1 is 1.00 bits per heavy atom. The Kier molecular flexibility index (Phi) is 6.06. The van der Waals surface area contributed by atoms with E-state index in [4.69, 9.17) is 0 Å². The molecule has 0 radical (unpaired) electrons. The zero-order valence-electron chi connectivity index (χ0n) is 20.6. The predicted octanol–water partition coefficient (Wildman–Crippen LogP) is 3.18. The van der Waals surface area contributed by atoms with Crippen LogP contribution in [0.2, 0.25) is 0 Å². The number of fused-ring (bicyclic) bond motifs is 3. The van der Waals surface area contributed by atoms with Crippen molar-refractivity contribution in [1.29, 1.82) is 0 Å². The average Bonchev–Trinajstić information content (AvgIpc) is 3.62. The number of aromatic amines is 1. The molecule has 2 aliphatic heterocycles. The van der Waals surface area contributed by atoms with Crippen LogP contribution >= 0.6 is 0 Å². The highest BCUT2D eigenvalue weighted by molar-refractivity contribution is 5.77. The van der Waals surface area contributed by atoms with E-state index in [1.165, 1.54) is 29.3 Å². The summed E-state index contributed by atoms with van der Waals surface area (Å²) in [5, 5.41) is 3.14. The Bertz CT molecular complexity index is 1420. The topological polar surface area (TPSA) is 90.4 Å². The van der Waals surface area contributed by atoms with E-state index >= 15 is 0 Å². The van der Waals surface area contributed by atoms with Crippen LogP contribution in [-0.2, 0) is 24.2 Å². The summed E-state index contributed by atoms with van der Waals surface area (Å²) < 4.78 is 14.4. The van der Waals surface area contributed by atoms with Gasteiger partial charge in [-0.2, -0.15) is 0 Å². The van der Waals surface area contributed by atoms with Crippen molar-refractivity contribution in [3.63, 3.8) is 0 Å². The molecule has 1 aliphatic carbocycles. The first-order chi connectivity index (χ1) is 17.9. The van der Waals surface area contributed by atoms with Gasteiger partial charge < -0.3 is 15.1 Å². The molecule has 192 valence electrons. The molecule has 37 heavy (non-hydrogen) atoms. The van der Waals surface area contributed by atoms with Gasteiger partial charge in [-0.3, -0.25) is 19.1 Å². The number of likely N-dealkylation sites (tertiary alicyclic amines) is 1. The maximum atomic E-state index is 13.3. The van der Waals surface area contributed by atoms with Crippen molar-refractivity contribution in [3.05, 3.63) is 86.3 Å². The molecule has 6 rings (SSSR count). The second-order valence-corrected chi connectivity index (χ2v) is 10.3. The van der Waals surface area contributed by atoms with Crippen LogP contribution in [0.15, 0.2) is 58.1 Å². The minimum Gasteiger partial charge on any atom is -0.365 e. The van der Waals surface area contributed by atoms with Crippen LogP contribution in [0.3, 0.4) is 0 Å². The van der Waals surface area contributed by atoms with Crippen molar-refractivity contribution < 1.29 is 9.18 Å². The fraction of sp³-hybridized carbons (Fsp3) is 0.393. The van der Waals surface area contributed by atoms with Crippen molar-refractivity contribution >= 4 is 23.1 Å². The SMILES string of the molecule is O=C(CCCn1c(=O)cc(Nc2ccc3c(c2)CCC3)[nH]c1=O)N1C[C@@H]2C[C@H]1CN2c1ccc(F)cc1. The van der Waals surface area contributed by atoms with Gasteiger partial charge in [0.05, 0.1) is 6.04 Å². The van der Waals surface area contributed by atoms with Gasteiger partial charge in [-0.05, 0) is 79.6 Å². The molecule has 2 atom stereocenters. The van der Waals surface area contributed by atoms with Crippen LogP contribution in [0.25, 0.3) is 0 Å². The second-order valence-electron chi connectivity index (χ2n) is 10.3. The predicted molar refractivity (Wildman–Crippen MR) is 140 cm³/mol. The molecule has 0 saturated carbocycles. The molecule has 0 spiro atoms. The average molecular weight is 504 g/mol. The van der Waals surface area contributed by atoms with Gasteiger partial charge in [0, 0.05) is 49.5 Å². The maximum Gasteiger partial charge on any atom is 0.329 e. The lowest BCUT2D eigenvalue weighted by molar-refractivity contribution is -0.132. The Labute approximate surface area is 213 Å². The monoisotopic (exact) mass is 503 g/mol. The molecule has 0 unspecified atom stereocenters. The maximum absolute atomic E-state index is 13.3. The minimum absolute atomic E-state index is 0.0469. The van der Waals surface area contributed by atoms with E-state index in [-0.39, 0.29) is 36.8 Å². The number of H-pyrrole nitrogens is 1. The number of hydrogen-bond acceptors (Lipinski definition) is 5. The number of halogens is 1. The molecule has 3 aliphatic rings. The van der Waals surface area contributed by atoms with Crippen molar-refractivity contribution in [2.75, 3.05) is 23.3 Å². The molecule has 8 nitrogen and oxygen atoms in total. The number of aromatic nitrogens is 2. The number of carbonyl (C=O) groups is 1. The zero-order chi connectivity index (χ0) is 25.5. The Morgan fingerprint density at radius 3 is 2.57 bits per heavy atom.